The number of phenolic OH excluding ortho intramolecular Hbond substituents is 2. The molecule has 6 nitrogen and oxygen atoms in total. The second-order valence-electron chi connectivity index (χ2n) is 5.63. The van der Waals surface area contributed by atoms with Gasteiger partial charge >= 0.3 is 0 Å². The standard InChI is InChI=1S/C16H16N4O2.2ClH/c1-16(2)15(17)20(10-3-5-11(21)6-4-10)14-8-7-12(22)9-13(14)18-19-16;;/h3-9,17,21-22H,1-2H3;2*1H. The molecule has 2 aromatic rings. The number of azo groups is 1. The minimum atomic E-state index is -0.813. The molecule has 0 amide bonds. The number of aromatic hydroxyl groups is 2. The van der Waals surface area contributed by atoms with Gasteiger partial charge in [0.05, 0.1) is 5.69 Å². The summed E-state index contributed by atoms with van der Waals surface area (Å²) in [5.41, 5.74) is 1.05. The summed E-state index contributed by atoms with van der Waals surface area (Å²) in [6.07, 6.45) is 0. The first kappa shape index (κ1) is 19.7. The van der Waals surface area contributed by atoms with E-state index in [0.29, 0.717) is 11.4 Å². The average Bonchev–Trinajstić information content (AvgIpc) is 2.57. The van der Waals surface area contributed by atoms with E-state index in [-0.39, 0.29) is 42.1 Å². The molecule has 0 saturated carbocycles. The molecule has 24 heavy (non-hydrogen) atoms. The number of halogens is 2. The number of phenols is 2. The molecule has 0 fully saturated rings. The van der Waals surface area contributed by atoms with Crippen LogP contribution in [0.1, 0.15) is 13.8 Å². The molecule has 0 aliphatic carbocycles. The summed E-state index contributed by atoms with van der Waals surface area (Å²) in [6, 6.07) is 11.3. The maximum absolute atomic E-state index is 9.66. The monoisotopic (exact) mass is 368 g/mol. The number of amidine groups is 1. The van der Waals surface area contributed by atoms with Gasteiger partial charge in [-0.25, -0.2) is 0 Å². The molecule has 128 valence electrons. The molecule has 0 radical (unpaired) electrons. The highest BCUT2D eigenvalue weighted by atomic mass is 35.5. The first-order valence-electron chi connectivity index (χ1n) is 6.82. The van der Waals surface area contributed by atoms with Gasteiger partial charge in [-0.05, 0) is 50.2 Å². The van der Waals surface area contributed by atoms with Crippen LogP contribution in [-0.4, -0.2) is 21.6 Å². The number of anilines is 2. The van der Waals surface area contributed by atoms with E-state index in [1.807, 2.05) is 0 Å². The van der Waals surface area contributed by atoms with Crippen molar-refractivity contribution in [3.8, 4) is 11.5 Å². The SMILES string of the molecule is CC1(C)N=Nc2cc(O)ccc2N(c2ccc(O)cc2)C1=N.Cl.Cl. The van der Waals surface area contributed by atoms with Crippen molar-refractivity contribution >= 4 is 47.7 Å². The van der Waals surface area contributed by atoms with Crippen LogP contribution in [0, 0.1) is 5.41 Å². The van der Waals surface area contributed by atoms with Crippen LogP contribution in [0.5, 0.6) is 11.5 Å². The molecule has 2 aromatic carbocycles. The van der Waals surface area contributed by atoms with Crippen LogP contribution in [0.4, 0.5) is 17.1 Å². The lowest BCUT2D eigenvalue weighted by Crippen LogP contribution is -2.40. The number of rotatable bonds is 1. The van der Waals surface area contributed by atoms with Gasteiger partial charge in [0.25, 0.3) is 0 Å². The predicted octanol–water partition coefficient (Wildman–Crippen LogP) is 4.93. The van der Waals surface area contributed by atoms with Gasteiger partial charge < -0.3 is 10.2 Å². The zero-order chi connectivity index (χ0) is 15.9. The summed E-state index contributed by atoms with van der Waals surface area (Å²) in [5, 5.41) is 36.0. The molecular weight excluding hydrogens is 351 g/mol. The van der Waals surface area contributed by atoms with Crippen molar-refractivity contribution in [3.05, 3.63) is 42.5 Å². The average molecular weight is 369 g/mol. The van der Waals surface area contributed by atoms with Gasteiger partial charge in [-0.15, -0.1) is 24.8 Å². The molecule has 0 atom stereocenters. The van der Waals surface area contributed by atoms with E-state index in [4.69, 9.17) is 5.41 Å². The minimum absolute atomic E-state index is 0. The van der Waals surface area contributed by atoms with Crippen LogP contribution in [0.3, 0.4) is 0 Å². The Bertz CT molecular complexity index is 776. The van der Waals surface area contributed by atoms with E-state index >= 15 is 0 Å². The normalized spacial score (nSPS) is 14.9. The molecule has 0 aromatic heterocycles. The Morgan fingerprint density at radius 3 is 2.17 bits per heavy atom. The smallest absolute Gasteiger partial charge is 0.135 e. The van der Waals surface area contributed by atoms with Crippen molar-refractivity contribution in [1.29, 1.82) is 5.41 Å². The summed E-state index contributed by atoms with van der Waals surface area (Å²) < 4.78 is 0. The molecule has 0 saturated heterocycles. The Labute approximate surface area is 152 Å². The van der Waals surface area contributed by atoms with Crippen molar-refractivity contribution in [3.63, 3.8) is 0 Å². The molecule has 1 aliphatic rings. The largest absolute Gasteiger partial charge is 0.508 e. The van der Waals surface area contributed by atoms with E-state index in [1.165, 1.54) is 6.07 Å². The fourth-order valence-corrected chi connectivity index (χ4v) is 2.27. The molecular formula is C16H18Cl2N4O2. The fraction of sp³-hybridized carbons (Fsp3) is 0.188. The topological polar surface area (TPSA) is 92.3 Å². The minimum Gasteiger partial charge on any atom is -0.508 e. The molecule has 1 heterocycles. The maximum atomic E-state index is 9.66. The number of hydrogen-bond donors (Lipinski definition) is 3. The van der Waals surface area contributed by atoms with Gasteiger partial charge in [-0.1, -0.05) is 0 Å². The number of nitrogens with zero attached hydrogens (tertiary/aromatic N) is 3. The van der Waals surface area contributed by atoms with Crippen molar-refractivity contribution in [2.75, 3.05) is 4.90 Å². The number of nitrogens with one attached hydrogen (secondary N) is 1. The van der Waals surface area contributed by atoms with Gasteiger partial charge in [0.2, 0.25) is 0 Å². The molecule has 1 aliphatic heterocycles. The van der Waals surface area contributed by atoms with E-state index in [1.54, 1.807) is 55.1 Å². The van der Waals surface area contributed by atoms with Gasteiger partial charge in [0.1, 0.15) is 28.6 Å². The third-order valence-electron chi connectivity index (χ3n) is 3.52. The molecule has 8 heteroatoms. The number of hydrogen-bond acceptors (Lipinski definition) is 5. The van der Waals surface area contributed by atoms with Crippen LogP contribution < -0.4 is 4.90 Å². The third-order valence-corrected chi connectivity index (χ3v) is 3.52. The van der Waals surface area contributed by atoms with Crippen LogP contribution in [-0.2, 0) is 0 Å². The highest BCUT2D eigenvalue weighted by Gasteiger charge is 2.33. The lowest BCUT2D eigenvalue weighted by molar-refractivity contribution is 0.475. The van der Waals surface area contributed by atoms with Crippen LogP contribution >= 0.6 is 24.8 Å². The second kappa shape index (κ2) is 7.07. The Hall–Kier alpha value is -2.31. The first-order valence-corrected chi connectivity index (χ1v) is 6.82. The Kier molecular flexibility index (Phi) is 5.81. The van der Waals surface area contributed by atoms with Crippen LogP contribution in [0.25, 0.3) is 0 Å². The van der Waals surface area contributed by atoms with Gasteiger partial charge in [0, 0.05) is 11.8 Å². The molecule has 0 bridgehead atoms. The van der Waals surface area contributed by atoms with E-state index < -0.39 is 5.54 Å². The quantitative estimate of drug-likeness (QED) is 0.665. The lowest BCUT2D eigenvalue weighted by atomic mass is 10.0. The summed E-state index contributed by atoms with van der Waals surface area (Å²) in [6.45, 7) is 3.61. The summed E-state index contributed by atoms with van der Waals surface area (Å²) in [7, 11) is 0. The Balaban J connectivity index is 0.00000144. The van der Waals surface area contributed by atoms with Crippen molar-refractivity contribution < 1.29 is 10.2 Å². The molecule has 3 N–H and O–H groups in total. The van der Waals surface area contributed by atoms with Crippen LogP contribution in [0.15, 0.2) is 52.7 Å². The summed E-state index contributed by atoms with van der Waals surface area (Å²) in [4.78, 5) is 1.72. The number of fused-ring (bicyclic) bond motifs is 1. The highest BCUT2D eigenvalue weighted by Crippen LogP contribution is 2.41. The zero-order valence-corrected chi connectivity index (χ0v) is 14.7. The zero-order valence-electron chi connectivity index (χ0n) is 13.1. The Morgan fingerprint density at radius 1 is 0.958 bits per heavy atom. The van der Waals surface area contributed by atoms with Gasteiger partial charge in [0.15, 0.2) is 0 Å². The highest BCUT2D eigenvalue weighted by molar-refractivity contribution is 6.09. The third kappa shape index (κ3) is 3.44. The van der Waals surface area contributed by atoms with Gasteiger partial charge in [-0.2, -0.15) is 10.2 Å². The molecule has 0 unspecified atom stereocenters. The maximum Gasteiger partial charge on any atom is 0.135 e. The van der Waals surface area contributed by atoms with E-state index in [0.717, 1.165) is 5.69 Å². The van der Waals surface area contributed by atoms with Gasteiger partial charge in [-0.3, -0.25) is 10.3 Å². The first-order chi connectivity index (χ1) is 10.4. The van der Waals surface area contributed by atoms with E-state index in [2.05, 4.69) is 10.2 Å². The number of benzene rings is 2. The Morgan fingerprint density at radius 2 is 1.54 bits per heavy atom. The lowest BCUT2D eigenvalue weighted by Gasteiger charge is -2.30. The summed E-state index contributed by atoms with van der Waals surface area (Å²) >= 11 is 0. The molecule has 3 rings (SSSR count). The van der Waals surface area contributed by atoms with Crippen molar-refractivity contribution in [2.45, 2.75) is 19.4 Å². The van der Waals surface area contributed by atoms with Crippen molar-refractivity contribution in [2.24, 2.45) is 10.2 Å². The predicted molar refractivity (Wildman–Crippen MR) is 99.2 cm³/mol. The summed E-state index contributed by atoms with van der Waals surface area (Å²) in [5.74, 6) is 0.505. The fourth-order valence-electron chi connectivity index (χ4n) is 2.27. The van der Waals surface area contributed by atoms with Crippen molar-refractivity contribution in [1.82, 2.24) is 0 Å². The van der Waals surface area contributed by atoms with E-state index in [9.17, 15) is 10.2 Å². The van der Waals surface area contributed by atoms with Crippen LogP contribution in [0.2, 0.25) is 0 Å². The second-order valence-corrected chi connectivity index (χ2v) is 5.63. The molecule has 0 spiro atoms.